The number of hydrogen-bond donors (Lipinski definition) is 3. The van der Waals surface area contributed by atoms with E-state index in [0.29, 0.717) is 21.6 Å². The van der Waals surface area contributed by atoms with E-state index in [9.17, 15) is 9.90 Å². The Hall–Kier alpha value is -3.25. The molecule has 6 nitrogen and oxygen atoms in total. The van der Waals surface area contributed by atoms with Gasteiger partial charge in [0.05, 0.1) is 22.4 Å². The van der Waals surface area contributed by atoms with Crippen molar-refractivity contribution in [2.24, 2.45) is 0 Å². The molecule has 2 aromatic heterocycles. The van der Waals surface area contributed by atoms with Crippen LogP contribution in [0.15, 0.2) is 47.4 Å². The second kappa shape index (κ2) is 7.22. The average molecular weight is 421 g/mol. The molecule has 7 heteroatoms. The first-order valence-corrected chi connectivity index (χ1v) is 10.3. The zero-order valence-electron chi connectivity index (χ0n) is 16.5. The molecule has 0 spiro atoms. The molecule has 1 saturated heterocycles. The van der Waals surface area contributed by atoms with Gasteiger partial charge in [0.25, 0.3) is 5.56 Å². The summed E-state index contributed by atoms with van der Waals surface area (Å²) in [5.74, 6) is -0.0901. The molecule has 0 atom stereocenters. The third kappa shape index (κ3) is 3.04. The Morgan fingerprint density at radius 2 is 1.87 bits per heavy atom. The largest absolute Gasteiger partial charge is 0.506 e. The number of aromatic amines is 2. The number of pyridine rings is 1. The second-order valence-corrected chi connectivity index (χ2v) is 8.13. The van der Waals surface area contributed by atoms with Crippen molar-refractivity contribution in [3.63, 3.8) is 0 Å². The Balaban J connectivity index is 1.64. The molecule has 5 rings (SSSR count). The van der Waals surface area contributed by atoms with Crippen LogP contribution < -0.4 is 10.5 Å². The van der Waals surface area contributed by atoms with Crippen molar-refractivity contribution in [3.05, 3.63) is 63.5 Å². The number of hydrogen-bond acceptors (Lipinski definition) is 4. The highest BCUT2D eigenvalue weighted by Gasteiger charge is 2.19. The summed E-state index contributed by atoms with van der Waals surface area (Å²) in [6, 6.07) is 11.8. The molecule has 0 radical (unpaired) electrons. The Morgan fingerprint density at radius 3 is 2.53 bits per heavy atom. The van der Waals surface area contributed by atoms with Crippen LogP contribution in [0, 0.1) is 6.92 Å². The van der Waals surface area contributed by atoms with Crippen molar-refractivity contribution in [2.45, 2.75) is 19.8 Å². The van der Waals surface area contributed by atoms with Crippen LogP contribution in [0.3, 0.4) is 0 Å². The molecular formula is C23H21ClN4O2. The maximum Gasteiger partial charge on any atom is 0.261 e. The molecule has 0 unspecified atom stereocenters. The lowest BCUT2D eigenvalue weighted by atomic mass is 10.00. The van der Waals surface area contributed by atoms with Crippen LogP contribution in [0.1, 0.15) is 18.4 Å². The molecule has 3 heterocycles. The lowest BCUT2D eigenvalue weighted by Gasteiger charge is -2.18. The molecule has 4 aromatic rings. The number of H-pyrrole nitrogens is 2. The number of aromatic nitrogens is 3. The molecule has 1 aliphatic heterocycles. The van der Waals surface area contributed by atoms with Gasteiger partial charge < -0.3 is 15.0 Å². The first-order valence-electron chi connectivity index (χ1n) is 9.97. The summed E-state index contributed by atoms with van der Waals surface area (Å²) in [5, 5.41) is 18.8. The highest BCUT2D eigenvalue weighted by atomic mass is 35.5. The Morgan fingerprint density at radius 1 is 1.13 bits per heavy atom. The van der Waals surface area contributed by atoms with Crippen LogP contribution in [-0.2, 0) is 0 Å². The van der Waals surface area contributed by atoms with Crippen molar-refractivity contribution >= 4 is 28.2 Å². The van der Waals surface area contributed by atoms with Crippen LogP contribution in [0.5, 0.6) is 5.75 Å². The predicted molar refractivity (Wildman–Crippen MR) is 120 cm³/mol. The summed E-state index contributed by atoms with van der Waals surface area (Å²) in [5.41, 5.74) is 4.50. The molecule has 3 N–H and O–H groups in total. The predicted octanol–water partition coefficient (Wildman–Crippen LogP) is 4.85. The highest BCUT2D eigenvalue weighted by molar-refractivity contribution is 6.34. The van der Waals surface area contributed by atoms with Crippen molar-refractivity contribution in [1.29, 1.82) is 0 Å². The van der Waals surface area contributed by atoms with E-state index in [1.54, 1.807) is 12.3 Å². The van der Waals surface area contributed by atoms with Crippen LogP contribution >= 0.6 is 11.6 Å². The standard InChI is InChI=1S/C23H21ClN4O2/c1-13-12-25-27-21(13)20-22(29)17-10-16(18(24)11-19(17)26-23(20)30)14-4-6-15(7-5-14)28-8-2-3-9-28/h4-7,10-12H,2-3,8-9H2,1H3,(H,25,27)(H2,26,29,30). The van der Waals surface area contributed by atoms with Crippen LogP contribution in [-0.4, -0.2) is 33.4 Å². The topological polar surface area (TPSA) is 85.0 Å². The van der Waals surface area contributed by atoms with Crippen molar-refractivity contribution in [2.75, 3.05) is 18.0 Å². The second-order valence-electron chi connectivity index (χ2n) is 7.72. The van der Waals surface area contributed by atoms with Gasteiger partial charge in [0.1, 0.15) is 11.3 Å². The number of aryl methyl sites for hydroxylation is 1. The van der Waals surface area contributed by atoms with Gasteiger partial charge in [-0.25, -0.2) is 0 Å². The van der Waals surface area contributed by atoms with Gasteiger partial charge in [0.2, 0.25) is 0 Å². The van der Waals surface area contributed by atoms with Crippen molar-refractivity contribution in [3.8, 4) is 28.1 Å². The van der Waals surface area contributed by atoms with E-state index < -0.39 is 5.56 Å². The first kappa shape index (κ1) is 18.8. The van der Waals surface area contributed by atoms with Gasteiger partial charge >= 0.3 is 0 Å². The monoisotopic (exact) mass is 420 g/mol. The van der Waals surface area contributed by atoms with Gasteiger partial charge in [-0.2, -0.15) is 5.10 Å². The zero-order chi connectivity index (χ0) is 20.8. The number of nitrogens with zero attached hydrogens (tertiary/aromatic N) is 2. The van der Waals surface area contributed by atoms with E-state index >= 15 is 0 Å². The molecular weight excluding hydrogens is 400 g/mol. The van der Waals surface area contributed by atoms with Crippen LogP contribution in [0.25, 0.3) is 33.3 Å². The van der Waals surface area contributed by atoms with E-state index in [2.05, 4.69) is 32.2 Å². The first-order chi connectivity index (χ1) is 14.5. The van der Waals surface area contributed by atoms with E-state index in [0.717, 1.165) is 29.8 Å². The molecule has 1 aliphatic rings. The molecule has 0 saturated carbocycles. The number of rotatable bonds is 3. The third-order valence-corrected chi connectivity index (χ3v) is 6.12. The van der Waals surface area contributed by atoms with Gasteiger partial charge in [-0.1, -0.05) is 23.7 Å². The molecule has 0 aliphatic carbocycles. The maximum atomic E-state index is 12.6. The SMILES string of the molecule is Cc1cn[nH]c1-c1c(O)c2cc(-c3ccc(N4CCCC4)cc3)c(Cl)cc2[nH]c1=O. The minimum Gasteiger partial charge on any atom is -0.506 e. The fraction of sp³-hybridized carbons (Fsp3) is 0.217. The fourth-order valence-corrected chi connectivity index (χ4v) is 4.45. The summed E-state index contributed by atoms with van der Waals surface area (Å²) < 4.78 is 0. The van der Waals surface area contributed by atoms with Crippen LogP contribution in [0.2, 0.25) is 5.02 Å². The molecule has 1 fully saturated rings. The number of fused-ring (bicyclic) bond motifs is 1. The average Bonchev–Trinajstić information content (AvgIpc) is 3.40. The van der Waals surface area contributed by atoms with Gasteiger partial charge in [0, 0.05) is 29.7 Å². The lowest BCUT2D eigenvalue weighted by Crippen LogP contribution is -2.17. The number of anilines is 1. The van der Waals surface area contributed by atoms with Crippen LogP contribution in [0.4, 0.5) is 5.69 Å². The smallest absolute Gasteiger partial charge is 0.261 e. The fourth-order valence-electron chi connectivity index (χ4n) is 4.18. The van der Waals surface area contributed by atoms with E-state index in [1.165, 1.54) is 18.5 Å². The number of halogens is 1. The molecule has 152 valence electrons. The number of aromatic hydroxyl groups is 1. The summed E-state index contributed by atoms with van der Waals surface area (Å²) in [4.78, 5) is 17.8. The Bertz CT molecular complexity index is 1300. The summed E-state index contributed by atoms with van der Waals surface area (Å²) >= 11 is 6.54. The Labute approximate surface area is 178 Å². The number of nitrogens with one attached hydrogen (secondary N) is 2. The quantitative estimate of drug-likeness (QED) is 0.442. The minimum absolute atomic E-state index is 0.0901. The van der Waals surface area contributed by atoms with E-state index in [4.69, 9.17) is 11.6 Å². The molecule has 0 amide bonds. The highest BCUT2D eigenvalue weighted by Crippen LogP contribution is 2.38. The number of benzene rings is 2. The van der Waals surface area contributed by atoms with Gasteiger partial charge in [-0.15, -0.1) is 0 Å². The van der Waals surface area contributed by atoms with Gasteiger partial charge in [0.15, 0.2) is 0 Å². The van der Waals surface area contributed by atoms with Gasteiger partial charge in [-0.3, -0.25) is 9.89 Å². The third-order valence-electron chi connectivity index (χ3n) is 5.80. The summed E-state index contributed by atoms with van der Waals surface area (Å²) in [7, 11) is 0. The Kier molecular flexibility index (Phi) is 4.51. The zero-order valence-corrected chi connectivity index (χ0v) is 17.3. The minimum atomic E-state index is -0.397. The molecule has 30 heavy (non-hydrogen) atoms. The van der Waals surface area contributed by atoms with E-state index in [-0.39, 0.29) is 11.3 Å². The lowest BCUT2D eigenvalue weighted by molar-refractivity contribution is 0.482. The summed E-state index contributed by atoms with van der Waals surface area (Å²) in [6.45, 7) is 4.01. The van der Waals surface area contributed by atoms with Crippen molar-refractivity contribution < 1.29 is 5.11 Å². The normalized spacial score (nSPS) is 14.0. The summed E-state index contributed by atoms with van der Waals surface area (Å²) in [6.07, 6.45) is 4.08. The molecule has 2 aromatic carbocycles. The molecule has 0 bridgehead atoms. The maximum absolute atomic E-state index is 12.6. The van der Waals surface area contributed by atoms with E-state index in [1.807, 2.05) is 25.1 Å². The van der Waals surface area contributed by atoms with Gasteiger partial charge in [-0.05, 0) is 55.2 Å². The van der Waals surface area contributed by atoms with Crippen molar-refractivity contribution in [1.82, 2.24) is 15.2 Å².